The van der Waals surface area contributed by atoms with Crippen molar-refractivity contribution in [2.45, 2.75) is 25.7 Å². The van der Waals surface area contributed by atoms with Gasteiger partial charge < -0.3 is 9.80 Å². The van der Waals surface area contributed by atoms with Gasteiger partial charge in [0.15, 0.2) is 0 Å². The van der Waals surface area contributed by atoms with Crippen molar-refractivity contribution in [3.05, 3.63) is 89.2 Å². The molecule has 2 fully saturated rings. The summed E-state index contributed by atoms with van der Waals surface area (Å²) in [6, 6.07) is 23.9. The van der Waals surface area contributed by atoms with Gasteiger partial charge in [0.25, 0.3) is 0 Å². The van der Waals surface area contributed by atoms with Crippen LogP contribution in [0.25, 0.3) is 24.3 Å². The highest BCUT2D eigenvalue weighted by molar-refractivity contribution is 14.1. The van der Waals surface area contributed by atoms with E-state index in [0.717, 1.165) is 11.4 Å². The molecule has 0 atom stereocenters. The maximum absolute atomic E-state index is 4.77. The van der Waals surface area contributed by atoms with Crippen molar-refractivity contribution in [3.63, 3.8) is 0 Å². The van der Waals surface area contributed by atoms with Crippen LogP contribution in [0, 0.1) is 0 Å². The minimum atomic E-state index is 0.972. The van der Waals surface area contributed by atoms with Crippen LogP contribution in [0.3, 0.4) is 0 Å². The molecule has 0 N–H and O–H groups in total. The highest BCUT2D eigenvalue weighted by Gasteiger charge is 2.12. The molecule has 3 aromatic rings. The van der Waals surface area contributed by atoms with Crippen molar-refractivity contribution < 1.29 is 0 Å². The lowest BCUT2D eigenvalue weighted by Gasteiger charge is -2.17. The second-order valence-electron chi connectivity index (χ2n) is 8.73. The lowest BCUT2D eigenvalue weighted by Crippen LogP contribution is -2.17. The molecular weight excluding hydrogens is 529 g/mol. The molecule has 4 heteroatoms. The first-order valence-electron chi connectivity index (χ1n) is 12.2. The van der Waals surface area contributed by atoms with E-state index in [1.807, 2.05) is 4.93 Å². The summed E-state index contributed by atoms with van der Waals surface area (Å²) in [6.45, 7) is 4.73. The molecule has 0 unspecified atom stereocenters. The number of pyridine rings is 1. The predicted octanol–water partition coefficient (Wildman–Crippen LogP) is 7.67. The number of nitrogens with zero attached hydrogens (tertiary/aromatic N) is 3. The molecule has 0 aliphatic carbocycles. The average molecular weight is 564 g/mol. The second kappa shape index (κ2) is 12.7. The number of hydrogen-bond donors (Lipinski definition) is 0. The summed E-state index contributed by atoms with van der Waals surface area (Å²) in [5.41, 5.74) is 7.01. The molecule has 2 aliphatic rings. The summed E-state index contributed by atoms with van der Waals surface area (Å²) >= 11 is 2.15. The maximum Gasteiger partial charge on any atom is 0.0637 e. The summed E-state index contributed by atoms with van der Waals surface area (Å²) in [5.74, 6) is 0. The Balaban J connectivity index is 0.00000133. The summed E-state index contributed by atoms with van der Waals surface area (Å²) in [6.07, 6.45) is 13.7. The highest BCUT2D eigenvalue weighted by Crippen LogP contribution is 2.22. The molecule has 3 nitrogen and oxygen atoms in total. The zero-order valence-corrected chi connectivity index (χ0v) is 22.2. The van der Waals surface area contributed by atoms with E-state index in [9.17, 15) is 0 Å². The van der Waals surface area contributed by atoms with Crippen LogP contribution in [0.4, 0.5) is 11.4 Å². The largest absolute Gasteiger partial charge is 0.372 e. The third kappa shape index (κ3) is 6.72. The zero-order valence-electron chi connectivity index (χ0n) is 20.0. The van der Waals surface area contributed by atoms with Gasteiger partial charge in [-0.15, -0.1) is 0 Å². The predicted molar refractivity (Wildman–Crippen MR) is 158 cm³/mol. The summed E-state index contributed by atoms with van der Waals surface area (Å²) < 4.78 is 0. The Hall–Kier alpha value is -2.60. The first-order chi connectivity index (χ1) is 16.8. The van der Waals surface area contributed by atoms with Gasteiger partial charge in [-0.25, -0.2) is 4.98 Å². The van der Waals surface area contributed by atoms with Gasteiger partial charge in [0, 0.05) is 37.6 Å². The molecule has 2 saturated heterocycles. The molecule has 3 heterocycles. The number of rotatable bonds is 6. The molecule has 0 radical (unpaired) electrons. The Bertz CT molecular complexity index is 990. The molecule has 0 saturated carbocycles. The standard InChI is InChI=1S/C29H31N3.CH3I/c1-2-21-31(20-1)28-16-10-24(11-17-28)8-14-26-6-5-7-27(30-26)15-9-25-12-18-29(19-13-25)32-22-3-4-23-32;1-2/h5-19H,1-4,20-23H2;1H3. The van der Waals surface area contributed by atoms with Crippen LogP contribution >= 0.6 is 22.6 Å². The van der Waals surface area contributed by atoms with Crippen LogP contribution in [-0.2, 0) is 0 Å². The zero-order chi connectivity index (χ0) is 23.6. The Morgan fingerprint density at radius 1 is 0.559 bits per heavy atom. The Morgan fingerprint density at radius 2 is 0.941 bits per heavy atom. The van der Waals surface area contributed by atoms with Crippen molar-refractivity contribution in [3.8, 4) is 0 Å². The van der Waals surface area contributed by atoms with Crippen molar-refractivity contribution in [1.29, 1.82) is 0 Å². The number of hydrogen-bond acceptors (Lipinski definition) is 3. The van der Waals surface area contributed by atoms with Crippen LogP contribution in [0.2, 0.25) is 0 Å². The second-order valence-corrected chi connectivity index (χ2v) is 8.73. The fourth-order valence-electron chi connectivity index (χ4n) is 4.56. The molecule has 2 aliphatic heterocycles. The van der Waals surface area contributed by atoms with Gasteiger partial charge >= 0.3 is 0 Å². The van der Waals surface area contributed by atoms with E-state index in [0.29, 0.717) is 0 Å². The van der Waals surface area contributed by atoms with Crippen LogP contribution in [-0.4, -0.2) is 36.1 Å². The smallest absolute Gasteiger partial charge is 0.0637 e. The molecule has 0 spiro atoms. The van der Waals surface area contributed by atoms with Gasteiger partial charge in [-0.05, 0) is 90.3 Å². The van der Waals surface area contributed by atoms with Crippen molar-refractivity contribution >= 4 is 58.3 Å². The molecule has 0 bridgehead atoms. The Kier molecular flexibility index (Phi) is 9.19. The number of anilines is 2. The van der Waals surface area contributed by atoms with Crippen molar-refractivity contribution in [2.75, 3.05) is 40.9 Å². The van der Waals surface area contributed by atoms with Crippen LogP contribution < -0.4 is 9.80 Å². The Labute approximate surface area is 218 Å². The van der Waals surface area contributed by atoms with E-state index in [2.05, 4.69) is 123 Å². The van der Waals surface area contributed by atoms with E-state index in [1.54, 1.807) is 0 Å². The minimum absolute atomic E-state index is 0.972. The van der Waals surface area contributed by atoms with E-state index in [4.69, 9.17) is 4.98 Å². The van der Waals surface area contributed by atoms with Crippen molar-refractivity contribution in [2.24, 2.45) is 0 Å². The first kappa shape index (κ1) is 24.5. The molecule has 5 rings (SSSR count). The number of benzene rings is 2. The normalized spacial score (nSPS) is 15.8. The topological polar surface area (TPSA) is 19.4 Å². The number of aromatic nitrogens is 1. The van der Waals surface area contributed by atoms with Crippen molar-refractivity contribution in [1.82, 2.24) is 4.98 Å². The van der Waals surface area contributed by atoms with Gasteiger partial charge in [0.05, 0.1) is 11.4 Å². The maximum atomic E-state index is 4.77. The van der Waals surface area contributed by atoms with Crippen LogP contribution in [0.1, 0.15) is 48.2 Å². The monoisotopic (exact) mass is 563 g/mol. The molecule has 0 amide bonds. The molecule has 2 aromatic carbocycles. The van der Waals surface area contributed by atoms with Gasteiger partial charge in [-0.1, -0.05) is 65.1 Å². The SMILES string of the molecule is C(=Cc1cccc(C=Cc2ccc(N3CCCC3)cc2)n1)c1ccc(N2CCCC2)cc1.CI. The lowest BCUT2D eigenvalue weighted by molar-refractivity contribution is 0.949. The first-order valence-corrected chi connectivity index (χ1v) is 14.4. The quantitative estimate of drug-likeness (QED) is 0.227. The summed E-state index contributed by atoms with van der Waals surface area (Å²) in [5, 5.41) is 0. The fraction of sp³-hybridized carbons (Fsp3) is 0.300. The van der Waals surface area contributed by atoms with E-state index in [1.165, 1.54) is 74.4 Å². The van der Waals surface area contributed by atoms with Gasteiger partial charge in [0.1, 0.15) is 0 Å². The minimum Gasteiger partial charge on any atom is -0.372 e. The van der Waals surface area contributed by atoms with Gasteiger partial charge in [-0.2, -0.15) is 0 Å². The molecule has 34 heavy (non-hydrogen) atoms. The van der Waals surface area contributed by atoms with E-state index < -0.39 is 0 Å². The summed E-state index contributed by atoms with van der Waals surface area (Å²) in [4.78, 5) is 11.7. The third-order valence-electron chi connectivity index (χ3n) is 6.41. The molecular formula is C30H34IN3. The Morgan fingerprint density at radius 3 is 1.32 bits per heavy atom. The fourth-order valence-corrected chi connectivity index (χ4v) is 4.56. The highest BCUT2D eigenvalue weighted by atomic mass is 127. The average Bonchev–Trinajstić information content (AvgIpc) is 3.64. The van der Waals surface area contributed by atoms with Crippen LogP contribution in [0.15, 0.2) is 66.7 Å². The number of halogens is 1. The van der Waals surface area contributed by atoms with Gasteiger partial charge in [-0.3, -0.25) is 0 Å². The van der Waals surface area contributed by atoms with E-state index in [-0.39, 0.29) is 0 Å². The number of alkyl halides is 1. The van der Waals surface area contributed by atoms with Crippen LogP contribution in [0.5, 0.6) is 0 Å². The van der Waals surface area contributed by atoms with Gasteiger partial charge in [0.2, 0.25) is 0 Å². The third-order valence-corrected chi connectivity index (χ3v) is 6.41. The molecule has 176 valence electrons. The summed E-state index contributed by atoms with van der Waals surface area (Å²) in [7, 11) is 0. The lowest BCUT2D eigenvalue weighted by atomic mass is 10.1. The van der Waals surface area contributed by atoms with E-state index >= 15 is 0 Å². The molecule has 1 aromatic heterocycles.